The van der Waals surface area contributed by atoms with E-state index in [0.717, 1.165) is 25.7 Å². The minimum atomic E-state index is -0.770. The van der Waals surface area contributed by atoms with E-state index in [1.165, 1.54) is 5.56 Å². The molecule has 1 aromatic rings. The van der Waals surface area contributed by atoms with Gasteiger partial charge in [0.25, 0.3) is 0 Å². The standard InChI is InChI=1S/C18H25NO3/c1-2-16(11-13-7-4-3-5-8-13)19-17(20)14-9-6-10-15(12-14)18(21)22/h3-5,7-8,14-16H,2,6,9-12H2,1H3,(H,19,20)(H,21,22). The smallest absolute Gasteiger partial charge is 0.306 e. The van der Waals surface area contributed by atoms with Crippen molar-refractivity contribution in [3.63, 3.8) is 0 Å². The van der Waals surface area contributed by atoms with Crippen LogP contribution in [0.4, 0.5) is 0 Å². The first-order valence-electron chi connectivity index (χ1n) is 8.17. The van der Waals surface area contributed by atoms with Gasteiger partial charge in [0, 0.05) is 12.0 Å². The van der Waals surface area contributed by atoms with Gasteiger partial charge in [-0.1, -0.05) is 43.7 Å². The van der Waals surface area contributed by atoms with E-state index in [1.54, 1.807) is 0 Å². The molecule has 4 nitrogen and oxygen atoms in total. The first-order valence-corrected chi connectivity index (χ1v) is 8.17. The quantitative estimate of drug-likeness (QED) is 0.849. The number of aliphatic carboxylic acids is 1. The maximum absolute atomic E-state index is 12.4. The number of carbonyl (C=O) groups is 2. The summed E-state index contributed by atoms with van der Waals surface area (Å²) >= 11 is 0. The maximum Gasteiger partial charge on any atom is 0.306 e. The third-order valence-electron chi connectivity index (χ3n) is 4.56. The van der Waals surface area contributed by atoms with Crippen LogP contribution in [-0.4, -0.2) is 23.0 Å². The normalized spacial score (nSPS) is 22.8. The van der Waals surface area contributed by atoms with E-state index in [0.29, 0.717) is 12.8 Å². The van der Waals surface area contributed by atoms with Crippen molar-refractivity contribution in [3.8, 4) is 0 Å². The zero-order valence-electron chi connectivity index (χ0n) is 13.1. The lowest BCUT2D eigenvalue weighted by Gasteiger charge is -2.27. The third kappa shape index (κ3) is 4.58. The average Bonchev–Trinajstić information content (AvgIpc) is 2.55. The van der Waals surface area contributed by atoms with Crippen molar-refractivity contribution in [2.75, 3.05) is 0 Å². The van der Waals surface area contributed by atoms with Crippen LogP contribution < -0.4 is 5.32 Å². The van der Waals surface area contributed by atoms with Gasteiger partial charge < -0.3 is 10.4 Å². The Balaban J connectivity index is 1.90. The molecule has 4 heteroatoms. The van der Waals surface area contributed by atoms with Gasteiger partial charge in [-0.25, -0.2) is 0 Å². The van der Waals surface area contributed by atoms with Gasteiger partial charge in [0.15, 0.2) is 0 Å². The van der Waals surface area contributed by atoms with Crippen LogP contribution in [0.25, 0.3) is 0 Å². The Morgan fingerprint density at radius 2 is 1.91 bits per heavy atom. The summed E-state index contributed by atoms with van der Waals surface area (Å²) in [6.45, 7) is 2.06. The number of carbonyl (C=O) groups excluding carboxylic acids is 1. The molecule has 120 valence electrons. The van der Waals surface area contributed by atoms with Gasteiger partial charge in [-0.15, -0.1) is 0 Å². The highest BCUT2D eigenvalue weighted by Gasteiger charge is 2.31. The first kappa shape index (κ1) is 16.5. The van der Waals surface area contributed by atoms with Crippen molar-refractivity contribution in [1.82, 2.24) is 5.32 Å². The summed E-state index contributed by atoms with van der Waals surface area (Å²) in [6.07, 6.45) is 4.49. The second-order valence-electron chi connectivity index (χ2n) is 6.20. The second-order valence-corrected chi connectivity index (χ2v) is 6.20. The number of hydrogen-bond donors (Lipinski definition) is 2. The summed E-state index contributed by atoms with van der Waals surface area (Å²) in [5.74, 6) is -1.26. The Morgan fingerprint density at radius 3 is 2.55 bits per heavy atom. The fraction of sp³-hybridized carbons (Fsp3) is 0.556. The van der Waals surface area contributed by atoms with E-state index in [1.807, 2.05) is 18.2 Å². The molecule has 0 saturated heterocycles. The van der Waals surface area contributed by atoms with Gasteiger partial charge in [0.05, 0.1) is 5.92 Å². The number of benzene rings is 1. The summed E-state index contributed by atoms with van der Waals surface area (Å²) in [5.41, 5.74) is 1.21. The van der Waals surface area contributed by atoms with Gasteiger partial charge in [-0.2, -0.15) is 0 Å². The number of hydrogen-bond acceptors (Lipinski definition) is 2. The molecule has 2 N–H and O–H groups in total. The lowest BCUT2D eigenvalue weighted by molar-refractivity contribution is -0.144. The highest BCUT2D eigenvalue weighted by Crippen LogP contribution is 2.29. The summed E-state index contributed by atoms with van der Waals surface area (Å²) in [5, 5.41) is 12.2. The minimum Gasteiger partial charge on any atom is -0.481 e. The maximum atomic E-state index is 12.4. The molecule has 0 spiro atoms. The van der Waals surface area contributed by atoms with E-state index in [4.69, 9.17) is 5.11 Å². The Bertz CT molecular complexity index is 500. The van der Waals surface area contributed by atoms with E-state index in [2.05, 4.69) is 24.4 Å². The molecule has 0 radical (unpaired) electrons. The molecular formula is C18H25NO3. The molecule has 0 aromatic heterocycles. The van der Waals surface area contributed by atoms with Crippen LogP contribution in [0.1, 0.15) is 44.6 Å². The lowest BCUT2D eigenvalue weighted by atomic mass is 9.81. The molecule has 1 fully saturated rings. The van der Waals surface area contributed by atoms with Gasteiger partial charge in [0.1, 0.15) is 0 Å². The fourth-order valence-electron chi connectivity index (χ4n) is 3.17. The number of amides is 1. The average molecular weight is 303 g/mol. The molecule has 1 aliphatic carbocycles. The summed E-state index contributed by atoms with van der Waals surface area (Å²) in [7, 11) is 0. The zero-order chi connectivity index (χ0) is 15.9. The predicted molar refractivity (Wildman–Crippen MR) is 85.5 cm³/mol. The van der Waals surface area contributed by atoms with Crippen molar-refractivity contribution < 1.29 is 14.7 Å². The van der Waals surface area contributed by atoms with Crippen LogP contribution in [-0.2, 0) is 16.0 Å². The highest BCUT2D eigenvalue weighted by molar-refractivity contribution is 5.80. The molecular weight excluding hydrogens is 278 g/mol. The molecule has 1 amide bonds. The van der Waals surface area contributed by atoms with E-state index >= 15 is 0 Å². The van der Waals surface area contributed by atoms with Gasteiger partial charge >= 0.3 is 5.97 Å². The van der Waals surface area contributed by atoms with Crippen molar-refractivity contribution >= 4 is 11.9 Å². The number of carboxylic acids is 1. The molecule has 2 rings (SSSR count). The SMILES string of the molecule is CCC(Cc1ccccc1)NC(=O)C1CCCC(C(=O)O)C1. The summed E-state index contributed by atoms with van der Waals surface area (Å²) in [4.78, 5) is 23.5. The van der Waals surface area contributed by atoms with Gasteiger partial charge in [-0.05, 0) is 37.7 Å². The fourth-order valence-corrected chi connectivity index (χ4v) is 3.17. The van der Waals surface area contributed by atoms with Crippen LogP contribution in [0.3, 0.4) is 0 Å². The van der Waals surface area contributed by atoms with Crippen molar-refractivity contribution in [3.05, 3.63) is 35.9 Å². The van der Waals surface area contributed by atoms with Crippen molar-refractivity contribution in [1.29, 1.82) is 0 Å². The molecule has 0 heterocycles. The Labute approximate surface area is 131 Å². The number of rotatable bonds is 6. The molecule has 3 unspecified atom stereocenters. The lowest BCUT2D eigenvalue weighted by Crippen LogP contribution is -2.41. The third-order valence-corrected chi connectivity index (χ3v) is 4.56. The van der Waals surface area contributed by atoms with Gasteiger partial charge in [0.2, 0.25) is 5.91 Å². The van der Waals surface area contributed by atoms with E-state index in [-0.39, 0.29) is 23.8 Å². The summed E-state index contributed by atoms with van der Waals surface area (Å²) < 4.78 is 0. The van der Waals surface area contributed by atoms with Gasteiger partial charge in [-0.3, -0.25) is 9.59 Å². The van der Waals surface area contributed by atoms with Crippen LogP contribution in [0.5, 0.6) is 0 Å². The second kappa shape index (κ2) is 7.97. The first-order chi connectivity index (χ1) is 10.6. The minimum absolute atomic E-state index is 0.0220. The van der Waals surface area contributed by atoms with Crippen LogP contribution in [0.15, 0.2) is 30.3 Å². The topological polar surface area (TPSA) is 66.4 Å². The number of nitrogens with one attached hydrogen (secondary N) is 1. The molecule has 3 atom stereocenters. The van der Waals surface area contributed by atoms with E-state index in [9.17, 15) is 9.59 Å². The van der Waals surface area contributed by atoms with Crippen LogP contribution >= 0.6 is 0 Å². The molecule has 1 saturated carbocycles. The predicted octanol–water partition coefficient (Wildman–Crippen LogP) is 3.01. The van der Waals surface area contributed by atoms with E-state index < -0.39 is 5.97 Å². The number of carboxylic acid groups (broad SMARTS) is 1. The van der Waals surface area contributed by atoms with Crippen LogP contribution in [0, 0.1) is 11.8 Å². The van der Waals surface area contributed by atoms with Crippen molar-refractivity contribution in [2.45, 2.75) is 51.5 Å². The molecule has 0 bridgehead atoms. The highest BCUT2D eigenvalue weighted by atomic mass is 16.4. The molecule has 0 aliphatic heterocycles. The Morgan fingerprint density at radius 1 is 1.23 bits per heavy atom. The summed E-state index contributed by atoms with van der Waals surface area (Å²) in [6, 6.07) is 10.2. The van der Waals surface area contributed by atoms with Crippen LogP contribution in [0.2, 0.25) is 0 Å². The zero-order valence-corrected chi connectivity index (χ0v) is 13.1. The molecule has 1 aromatic carbocycles. The van der Waals surface area contributed by atoms with Crippen molar-refractivity contribution in [2.24, 2.45) is 11.8 Å². The molecule has 1 aliphatic rings. The molecule has 22 heavy (non-hydrogen) atoms. The Kier molecular flexibility index (Phi) is 5.99. The largest absolute Gasteiger partial charge is 0.481 e. The Hall–Kier alpha value is -1.84. The monoisotopic (exact) mass is 303 g/mol.